The van der Waals surface area contributed by atoms with Crippen molar-refractivity contribution in [3.63, 3.8) is 0 Å². The van der Waals surface area contributed by atoms with Crippen LogP contribution in [0.15, 0.2) is 54.9 Å². The summed E-state index contributed by atoms with van der Waals surface area (Å²) in [5.41, 5.74) is 5.54. The monoisotopic (exact) mass is 365 g/mol. The van der Waals surface area contributed by atoms with E-state index in [0.29, 0.717) is 16.4 Å². The number of rotatable bonds is 4. The Kier molecular flexibility index (Phi) is 4.11. The van der Waals surface area contributed by atoms with Crippen LogP contribution in [0.5, 0.6) is 0 Å². The number of aromatic nitrogens is 3. The summed E-state index contributed by atoms with van der Waals surface area (Å²) < 4.78 is 2.04. The lowest BCUT2D eigenvalue weighted by Crippen LogP contribution is -2.18. The van der Waals surface area contributed by atoms with Gasteiger partial charge in [-0.15, -0.1) is 0 Å². The highest BCUT2D eigenvalue weighted by molar-refractivity contribution is 7.18. The van der Waals surface area contributed by atoms with E-state index in [2.05, 4.69) is 15.3 Å². The van der Waals surface area contributed by atoms with Gasteiger partial charge in [0.15, 0.2) is 5.13 Å². The lowest BCUT2D eigenvalue weighted by atomic mass is 10.2. The molecule has 0 saturated carbocycles. The maximum absolute atomic E-state index is 11.5. The minimum absolute atomic E-state index is 0.354. The minimum Gasteiger partial charge on any atom is -0.332 e. The lowest BCUT2D eigenvalue weighted by molar-refractivity contribution is 0.0706. The van der Waals surface area contributed by atoms with Gasteiger partial charge in [0, 0.05) is 23.6 Å². The quantitative estimate of drug-likeness (QED) is 0.379. The summed E-state index contributed by atoms with van der Waals surface area (Å²) in [5.74, 6) is -0.560. The molecule has 3 heterocycles. The number of benzene rings is 1. The Morgan fingerprint density at radius 3 is 2.96 bits per heavy atom. The zero-order valence-electron chi connectivity index (χ0n) is 13.8. The topological polar surface area (TPSA) is 91.5 Å². The van der Waals surface area contributed by atoms with Gasteiger partial charge < -0.3 is 5.32 Å². The standard InChI is InChI=1S/C18H15N5O2S/c1-11-16(23-8-3-2-7-15(23)20-11)14-10-19-18(26-14)21-13-6-4-5-12(9-13)17(24)22-25/h2-10,25H,1H3,(H,19,21)(H,22,24). The summed E-state index contributed by atoms with van der Waals surface area (Å²) in [7, 11) is 0. The van der Waals surface area contributed by atoms with Gasteiger partial charge in [-0.05, 0) is 37.3 Å². The predicted octanol–water partition coefficient (Wildman–Crippen LogP) is 3.63. The molecule has 0 atom stereocenters. The van der Waals surface area contributed by atoms with Crippen molar-refractivity contribution in [3.8, 4) is 10.6 Å². The number of amides is 1. The Morgan fingerprint density at radius 1 is 1.23 bits per heavy atom. The van der Waals surface area contributed by atoms with Crippen molar-refractivity contribution in [2.45, 2.75) is 6.92 Å². The number of nitrogens with one attached hydrogen (secondary N) is 2. The summed E-state index contributed by atoms with van der Waals surface area (Å²) >= 11 is 1.50. The van der Waals surface area contributed by atoms with E-state index in [1.54, 1.807) is 29.9 Å². The summed E-state index contributed by atoms with van der Waals surface area (Å²) in [6.45, 7) is 1.98. The number of carbonyl (C=O) groups is 1. The normalized spacial score (nSPS) is 10.8. The molecule has 8 heteroatoms. The molecule has 0 saturated heterocycles. The van der Waals surface area contributed by atoms with Gasteiger partial charge in [0.1, 0.15) is 5.65 Å². The lowest BCUT2D eigenvalue weighted by Gasteiger charge is -2.04. The van der Waals surface area contributed by atoms with Crippen molar-refractivity contribution in [1.29, 1.82) is 0 Å². The zero-order chi connectivity index (χ0) is 18.1. The van der Waals surface area contributed by atoms with Crippen LogP contribution in [0.25, 0.3) is 16.2 Å². The molecular formula is C18H15N5O2S. The third-order valence-electron chi connectivity index (χ3n) is 3.92. The smallest absolute Gasteiger partial charge is 0.274 e. The van der Waals surface area contributed by atoms with E-state index >= 15 is 0 Å². The average Bonchev–Trinajstić information content (AvgIpc) is 3.24. The molecular weight excluding hydrogens is 350 g/mol. The number of hydrogen-bond donors (Lipinski definition) is 3. The van der Waals surface area contributed by atoms with Gasteiger partial charge in [-0.2, -0.15) is 0 Å². The molecule has 0 radical (unpaired) electrons. The summed E-state index contributed by atoms with van der Waals surface area (Å²) in [4.78, 5) is 21.5. The molecule has 3 N–H and O–H groups in total. The molecule has 1 amide bonds. The molecule has 26 heavy (non-hydrogen) atoms. The predicted molar refractivity (Wildman–Crippen MR) is 100 cm³/mol. The van der Waals surface area contributed by atoms with Crippen molar-refractivity contribution in [1.82, 2.24) is 19.8 Å². The zero-order valence-corrected chi connectivity index (χ0v) is 14.6. The molecule has 7 nitrogen and oxygen atoms in total. The Morgan fingerprint density at radius 2 is 2.12 bits per heavy atom. The number of pyridine rings is 1. The van der Waals surface area contributed by atoms with Crippen LogP contribution in [0.1, 0.15) is 16.1 Å². The van der Waals surface area contributed by atoms with Crippen LogP contribution in [-0.2, 0) is 0 Å². The second-order valence-corrected chi connectivity index (χ2v) is 6.68. The number of hydrogen-bond acceptors (Lipinski definition) is 6. The van der Waals surface area contributed by atoms with E-state index in [9.17, 15) is 4.79 Å². The van der Waals surface area contributed by atoms with Gasteiger partial charge in [0.25, 0.3) is 5.91 Å². The number of aryl methyl sites for hydroxylation is 1. The van der Waals surface area contributed by atoms with Gasteiger partial charge in [0.2, 0.25) is 0 Å². The minimum atomic E-state index is -0.560. The molecule has 130 valence electrons. The highest BCUT2D eigenvalue weighted by atomic mass is 32.1. The highest BCUT2D eigenvalue weighted by Crippen LogP contribution is 2.33. The summed E-state index contributed by atoms with van der Waals surface area (Å²) in [6.07, 6.45) is 3.79. The third kappa shape index (κ3) is 2.92. The number of imidazole rings is 1. The first-order chi connectivity index (χ1) is 12.7. The number of thiazole rings is 1. The Labute approximate surface area is 152 Å². The van der Waals surface area contributed by atoms with E-state index in [1.807, 2.05) is 41.8 Å². The molecule has 0 unspecified atom stereocenters. The van der Waals surface area contributed by atoms with Crippen molar-refractivity contribution in [3.05, 3.63) is 66.1 Å². The number of carbonyl (C=O) groups excluding carboxylic acids is 1. The van der Waals surface area contributed by atoms with Gasteiger partial charge in [-0.1, -0.05) is 23.5 Å². The Balaban J connectivity index is 1.65. The van der Waals surface area contributed by atoms with Crippen LogP contribution in [0.2, 0.25) is 0 Å². The Hall–Kier alpha value is -3.23. The van der Waals surface area contributed by atoms with E-state index in [-0.39, 0.29) is 0 Å². The molecule has 4 rings (SSSR count). The Bertz CT molecular complexity index is 1100. The number of anilines is 2. The maximum atomic E-state index is 11.5. The first-order valence-electron chi connectivity index (χ1n) is 7.87. The second kappa shape index (κ2) is 6.58. The van der Waals surface area contributed by atoms with Crippen LogP contribution < -0.4 is 10.8 Å². The highest BCUT2D eigenvalue weighted by Gasteiger charge is 2.14. The van der Waals surface area contributed by atoms with E-state index in [0.717, 1.165) is 21.9 Å². The molecule has 0 aliphatic heterocycles. The first-order valence-corrected chi connectivity index (χ1v) is 8.69. The van der Waals surface area contributed by atoms with Crippen LogP contribution in [0, 0.1) is 6.92 Å². The van der Waals surface area contributed by atoms with Crippen molar-refractivity contribution in [2.24, 2.45) is 0 Å². The van der Waals surface area contributed by atoms with E-state index in [1.165, 1.54) is 11.3 Å². The van der Waals surface area contributed by atoms with Crippen molar-refractivity contribution >= 4 is 33.7 Å². The molecule has 1 aromatic carbocycles. The first kappa shape index (κ1) is 16.2. The van der Waals surface area contributed by atoms with E-state index < -0.39 is 5.91 Å². The summed E-state index contributed by atoms with van der Waals surface area (Å²) in [5, 5.41) is 12.6. The number of nitrogens with zero attached hydrogens (tertiary/aromatic N) is 3. The van der Waals surface area contributed by atoms with E-state index in [4.69, 9.17) is 5.21 Å². The van der Waals surface area contributed by atoms with Gasteiger partial charge in [0.05, 0.1) is 16.3 Å². The SMILES string of the molecule is Cc1nc2ccccn2c1-c1cnc(Nc2cccc(C(=O)NO)c2)s1. The molecule has 4 aromatic rings. The van der Waals surface area contributed by atoms with Crippen LogP contribution in [0.3, 0.4) is 0 Å². The number of fused-ring (bicyclic) bond motifs is 1. The van der Waals surface area contributed by atoms with Crippen molar-refractivity contribution < 1.29 is 10.0 Å². The molecule has 0 fully saturated rings. The number of hydroxylamine groups is 1. The molecule has 0 spiro atoms. The molecule has 0 aliphatic carbocycles. The van der Waals surface area contributed by atoms with Gasteiger partial charge in [-0.25, -0.2) is 15.4 Å². The fourth-order valence-electron chi connectivity index (χ4n) is 2.78. The maximum Gasteiger partial charge on any atom is 0.274 e. The molecule has 3 aromatic heterocycles. The van der Waals surface area contributed by atoms with Crippen LogP contribution >= 0.6 is 11.3 Å². The largest absolute Gasteiger partial charge is 0.332 e. The van der Waals surface area contributed by atoms with Gasteiger partial charge >= 0.3 is 0 Å². The second-order valence-electron chi connectivity index (χ2n) is 5.65. The average molecular weight is 365 g/mol. The van der Waals surface area contributed by atoms with Crippen LogP contribution in [-0.4, -0.2) is 25.5 Å². The van der Waals surface area contributed by atoms with Crippen LogP contribution in [0.4, 0.5) is 10.8 Å². The molecule has 0 bridgehead atoms. The third-order valence-corrected chi connectivity index (χ3v) is 4.84. The van der Waals surface area contributed by atoms with Crippen molar-refractivity contribution in [2.75, 3.05) is 5.32 Å². The fourth-order valence-corrected chi connectivity index (χ4v) is 3.71. The molecule has 0 aliphatic rings. The van der Waals surface area contributed by atoms with Gasteiger partial charge in [-0.3, -0.25) is 14.4 Å². The summed E-state index contributed by atoms with van der Waals surface area (Å²) in [6, 6.07) is 12.7. The fraction of sp³-hybridized carbons (Fsp3) is 0.0556.